The third-order valence-electron chi connectivity index (χ3n) is 4.53. The van der Waals surface area contributed by atoms with Gasteiger partial charge < -0.3 is 10.2 Å². The Kier molecular flexibility index (Phi) is 9.21. The summed E-state index contributed by atoms with van der Waals surface area (Å²) in [5, 5.41) is 2.99. The number of amides is 2. The number of nitrogens with zero attached hydrogens (tertiary/aromatic N) is 1. The Bertz CT molecular complexity index is 764. The molecule has 0 saturated heterocycles. The summed E-state index contributed by atoms with van der Waals surface area (Å²) >= 11 is 3.49. The van der Waals surface area contributed by atoms with E-state index in [9.17, 15) is 9.59 Å². The van der Waals surface area contributed by atoms with E-state index in [4.69, 9.17) is 0 Å². The maximum Gasteiger partial charge on any atom is 0.243 e. The van der Waals surface area contributed by atoms with Crippen molar-refractivity contribution in [2.45, 2.75) is 52.1 Å². The lowest BCUT2D eigenvalue weighted by Crippen LogP contribution is -2.50. The maximum atomic E-state index is 13.0. The number of carbonyl (C=O) groups excluding carboxylic acids is 2. The van der Waals surface area contributed by atoms with Crippen LogP contribution in [0.25, 0.3) is 0 Å². The van der Waals surface area contributed by atoms with Gasteiger partial charge in [0.25, 0.3) is 0 Å². The first-order valence-corrected chi connectivity index (χ1v) is 10.7. The van der Waals surface area contributed by atoms with Crippen LogP contribution in [0.15, 0.2) is 59.1 Å². The Morgan fingerprint density at radius 3 is 2.36 bits per heavy atom. The van der Waals surface area contributed by atoms with E-state index in [1.807, 2.05) is 68.4 Å². The average Bonchev–Trinajstić information content (AvgIpc) is 2.69. The van der Waals surface area contributed by atoms with Gasteiger partial charge in [-0.2, -0.15) is 0 Å². The van der Waals surface area contributed by atoms with Crippen molar-refractivity contribution < 1.29 is 9.59 Å². The topological polar surface area (TPSA) is 49.4 Å². The van der Waals surface area contributed by atoms with Gasteiger partial charge in [0.05, 0.1) is 0 Å². The van der Waals surface area contributed by atoms with Crippen molar-refractivity contribution in [2.24, 2.45) is 0 Å². The maximum absolute atomic E-state index is 13.0. The van der Waals surface area contributed by atoms with Gasteiger partial charge >= 0.3 is 0 Å². The second-order valence-electron chi connectivity index (χ2n) is 6.90. The van der Waals surface area contributed by atoms with Crippen molar-refractivity contribution in [3.05, 3.63) is 70.2 Å². The predicted octanol–water partition coefficient (Wildman–Crippen LogP) is 4.72. The normalized spacial score (nSPS) is 11.7. The fraction of sp³-hybridized carbons (Fsp3) is 0.391. The van der Waals surface area contributed by atoms with Crippen molar-refractivity contribution in [2.75, 3.05) is 6.54 Å². The zero-order valence-electron chi connectivity index (χ0n) is 16.7. The summed E-state index contributed by atoms with van der Waals surface area (Å²) in [4.78, 5) is 27.7. The van der Waals surface area contributed by atoms with Gasteiger partial charge in [0.1, 0.15) is 6.04 Å². The van der Waals surface area contributed by atoms with E-state index in [1.165, 1.54) is 0 Å². The molecular weight excluding hydrogens is 416 g/mol. The summed E-state index contributed by atoms with van der Waals surface area (Å²) in [7, 11) is 0. The second-order valence-corrected chi connectivity index (χ2v) is 7.81. The van der Waals surface area contributed by atoms with Crippen LogP contribution in [0.5, 0.6) is 0 Å². The number of hydrogen-bond acceptors (Lipinski definition) is 2. The molecule has 0 saturated carbocycles. The molecule has 150 valence electrons. The van der Waals surface area contributed by atoms with Gasteiger partial charge in [-0.1, -0.05) is 72.2 Å². The lowest BCUT2D eigenvalue weighted by Gasteiger charge is -2.31. The Morgan fingerprint density at radius 1 is 1.00 bits per heavy atom. The summed E-state index contributed by atoms with van der Waals surface area (Å²) in [5.41, 5.74) is 2.04. The molecule has 28 heavy (non-hydrogen) atoms. The first-order chi connectivity index (χ1) is 13.5. The molecule has 0 unspecified atom stereocenters. The molecule has 0 fully saturated rings. The van der Waals surface area contributed by atoms with Crippen molar-refractivity contribution in [3.8, 4) is 0 Å². The van der Waals surface area contributed by atoms with Gasteiger partial charge in [-0.15, -0.1) is 0 Å². The molecule has 0 aliphatic rings. The summed E-state index contributed by atoms with van der Waals surface area (Å²) in [5.74, 6) is -0.0831. The number of carbonyl (C=O) groups is 2. The highest BCUT2D eigenvalue weighted by Gasteiger charge is 2.29. The molecule has 0 aliphatic heterocycles. The fourth-order valence-electron chi connectivity index (χ4n) is 3.11. The third-order valence-corrected chi connectivity index (χ3v) is 5.02. The van der Waals surface area contributed by atoms with Crippen LogP contribution in [-0.4, -0.2) is 29.3 Å². The second kappa shape index (κ2) is 11.6. The Hall–Kier alpha value is -2.14. The van der Waals surface area contributed by atoms with E-state index < -0.39 is 6.04 Å². The lowest BCUT2D eigenvalue weighted by atomic mass is 10.0. The Balaban J connectivity index is 2.34. The van der Waals surface area contributed by atoms with Crippen molar-refractivity contribution >= 4 is 27.7 Å². The van der Waals surface area contributed by atoms with Crippen LogP contribution in [0.2, 0.25) is 0 Å². The van der Waals surface area contributed by atoms with Crippen LogP contribution in [0.1, 0.15) is 44.2 Å². The van der Waals surface area contributed by atoms with E-state index in [0.29, 0.717) is 25.9 Å². The molecule has 5 heteroatoms. The fourth-order valence-corrected chi connectivity index (χ4v) is 3.56. The smallest absolute Gasteiger partial charge is 0.243 e. The zero-order chi connectivity index (χ0) is 20.4. The monoisotopic (exact) mass is 444 g/mol. The molecule has 1 atom stereocenters. The average molecular weight is 445 g/mol. The van der Waals surface area contributed by atoms with Gasteiger partial charge in [0.2, 0.25) is 11.8 Å². The number of hydrogen-bond donors (Lipinski definition) is 1. The highest BCUT2D eigenvalue weighted by Crippen LogP contribution is 2.18. The largest absolute Gasteiger partial charge is 0.354 e. The molecule has 1 N–H and O–H groups in total. The summed E-state index contributed by atoms with van der Waals surface area (Å²) in [6.07, 6.45) is 2.54. The quantitative estimate of drug-likeness (QED) is 0.576. The molecule has 0 bridgehead atoms. The van der Waals surface area contributed by atoms with Crippen molar-refractivity contribution in [3.63, 3.8) is 0 Å². The molecule has 0 spiro atoms. The van der Waals surface area contributed by atoms with Crippen LogP contribution in [0.3, 0.4) is 0 Å². The van der Waals surface area contributed by atoms with Gasteiger partial charge in [-0.05, 0) is 36.1 Å². The molecule has 0 heterocycles. The minimum atomic E-state index is -0.535. The van der Waals surface area contributed by atoms with Crippen LogP contribution in [-0.2, 0) is 22.6 Å². The molecule has 0 aromatic heterocycles. The van der Waals surface area contributed by atoms with Crippen LogP contribution in [0, 0.1) is 0 Å². The first-order valence-electron chi connectivity index (χ1n) is 9.90. The molecule has 2 aromatic rings. The van der Waals surface area contributed by atoms with E-state index in [0.717, 1.165) is 28.4 Å². The molecule has 4 nitrogen and oxygen atoms in total. The molecule has 2 aromatic carbocycles. The van der Waals surface area contributed by atoms with Gasteiger partial charge in [0.15, 0.2) is 0 Å². The standard InChI is InChI=1S/C23H29BrN2O2/c1-3-9-22(27)26(17-19-12-8-13-20(24)15-19)21(23(28)25-14-4-2)16-18-10-6-5-7-11-18/h5-8,10-13,15,21H,3-4,9,14,16-17H2,1-2H3,(H,25,28)/t21-/m1/s1. The van der Waals surface area contributed by atoms with Gasteiger partial charge in [-0.25, -0.2) is 0 Å². The summed E-state index contributed by atoms with van der Waals surface area (Å²) < 4.78 is 0.961. The molecule has 0 radical (unpaired) electrons. The summed E-state index contributed by atoms with van der Waals surface area (Å²) in [6, 6.07) is 17.2. The van der Waals surface area contributed by atoms with Crippen molar-refractivity contribution in [1.82, 2.24) is 10.2 Å². The summed E-state index contributed by atoms with van der Waals surface area (Å²) in [6.45, 7) is 5.03. The Labute approximate surface area is 176 Å². The third kappa shape index (κ3) is 6.79. The van der Waals surface area contributed by atoms with E-state index in [1.54, 1.807) is 4.90 Å². The predicted molar refractivity (Wildman–Crippen MR) is 117 cm³/mol. The lowest BCUT2D eigenvalue weighted by molar-refractivity contribution is -0.141. The van der Waals surface area contributed by atoms with E-state index in [-0.39, 0.29) is 11.8 Å². The number of nitrogens with one attached hydrogen (secondary N) is 1. The van der Waals surface area contributed by atoms with Gasteiger partial charge in [-0.3, -0.25) is 9.59 Å². The number of halogens is 1. The number of rotatable bonds is 10. The van der Waals surface area contributed by atoms with Crippen LogP contribution < -0.4 is 5.32 Å². The first kappa shape index (κ1) is 22.2. The highest BCUT2D eigenvalue weighted by molar-refractivity contribution is 9.10. The Morgan fingerprint density at radius 2 is 1.71 bits per heavy atom. The van der Waals surface area contributed by atoms with Gasteiger partial charge in [0, 0.05) is 30.4 Å². The van der Waals surface area contributed by atoms with Crippen LogP contribution in [0.4, 0.5) is 0 Å². The minimum Gasteiger partial charge on any atom is -0.354 e. The highest BCUT2D eigenvalue weighted by atomic mass is 79.9. The zero-order valence-corrected chi connectivity index (χ0v) is 18.2. The SMILES string of the molecule is CCCNC(=O)[C@@H](Cc1ccccc1)N(Cc1cccc(Br)c1)C(=O)CCC. The molecule has 0 aliphatic carbocycles. The molecule has 2 rings (SSSR count). The minimum absolute atomic E-state index is 0.00931. The van der Waals surface area contributed by atoms with E-state index in [2.05, 4.69) is 21.2 Å². The van der Waals surface area contributed by atoms with Crippen LogP contribution >= 0.6 is 15.9 Å². The van der Waals surface area contributed by atoms with Crippen molar-refractivity contribution in [1.29, 1.82) is 0 Å². The molecule has 2 amide bonds. The number of benzene rings is 2. The van der Waals surface area contributed by atoms with E-state index >= 15 is 0 Å². The molecular formula is C23H29BrN2O2.